The summed E-state index contributed by atoms with van der Waals surface area (Å²) in [6.45, 7) is 2.13. The molecule has 0 radical (unpaired) electrons. The largest absolute Gasteiger partial charge is 0.496 e. The Morgan fingerprint density at radius 3 is 2.62 bits per heavy atom. The highest BCUT2D eigenvalue weighted by atomic mass is 16.7. The average Bonchev–Trinajstić information content (AvgIpc) is 2.94. The summed E-state index contributed by atoms with van der Waals surface area (Å²) < 4.78 is 21.9. The van der Waals surface area contributed by atoms with Crippen molar-refractivity contribution < 1.29 is 18.9 Å². The van der Waals surface area contributed by atoms with Crippen molar-refractivity contribution in [2.45, 2.75) is 13.0 Å². The van der Waals surface area contributed by atoms with Gasteiger partial charge < -0.3 is 24.7 Å². The van der Waals surface area contributed by atoms with Crippen molar-refractivity contribution in [3.8, 4) is 28.7 Å². The van der Waals surface area contributed by atoms with Crippen LogP contribution >= 0.6 is 0 Å². The van der Waals surface area contributed by atoms with E-state index in [2.05, 4.69) is 0 Å². The van der Waals surface area contributed by atoms with E-state index in [1.54, 1.807) is 13.2 Å². The van der Waals surface area contributed by atoms with Crippen molar-refractivity contribution in [3.63, 3.8) is 0 Å². The maximum Gasteiger partial charge on any atom is 0.231 e. The second kappa shape index (κ2) is 5.54. The van der Waals surface area contributed by atoms with E-state index in [1.165, 1.54) is 0 Å². The molecule has 0 aliphatic carbocycles. The number of benzene rings is 2. The van der Waals surface area contributed by atoms with Crippen LogP contribution in [0.1, 0.15) is 18.5 Å². The van der Waals surface area contributed by atoms with Gasteiger partial charge in [-0.2, -0.15) is 0 Å². The van der Waals surface area contributed by atoms with Crippen LogP contribution in [0.25, 0.3) is 0 Å². The zero-order valence-corrected chi connectivity index (χ0v) is 12.0. The highest BCUT2D eigenvalue weighted by Gasteiger charge is 2.17. The molecule has 1 heterocycles. The summed E-state index contributed by atoms with van der Waals surface area (Å²) in [6.07, 6.45) is 0. The molecular formula is C16H17NO4. The molecule has 110 valence electrons. The number of fused-ring (bicyclic) bond motifs is 1. The molecule has 0 saturated heterocycles. The van der Waals surface area contributed by atoms with Gasteiger partial charge in [-0.15, -0.1) is 0 Å². The average molecular weight is 287 g/mol. The molecule has 0 fully saturated rings. The molecule has 5 heteroatoms. The van der Waals surface area contributed by atoms with Crippen LogP contribution in [-0.4, -0.2) is 13.9 Å². The number of ether oxygens (including phenoxy) is 4. The first-order valence-corrected chi connectivity index (χ1v) is 6.69. The summed E-state index contributed by atoms with van der Waals surface area (Å²) in [4.78, 5) is 0. The standard InChI is InChI=1S/C16H17NO4/c1-10(17)16-13(18-2)4-3-5-14(16)21-11-6-7-12-15(8-11)20-9-19-12/h3-8,10H,9,17H2,1-2H3. The Balaban J connectivity index is 1.94. The highest BCUT2D eigenvalue weighted by Crippen LogP contribution is 2.39. The van der Waals surface area contributed by atoms with Gasteiger partial charge in [0.05, 0.1) is 12.7 Å². The molecule has 1 aliphatic rings. The summed E-state index contributed by atoms with van der Waals surface area (Å²) in [5, 5.41) is 0. The fourth-order valence-electron chi connectivity index (χ4n) is 2.31. The molecule has 3 rings (SSSR count). The third-order valence-corrected chi connectivity index (χ3v) is 3.27. The molecule has 1 atom stereocenters. The Bertz CT molecular complexity index is 655. The Morgan fingerprint density at radius 1 is 1.10 bits per heavy atom. The van der Waals surface area contributed by atoms with Crippen molar-refractivity contribution in [2.24, 2.45) is 5.73 Å². The molecule has 5 nitrogen and oxygen atoms in total. The van der Waals surface area contributed by atoms with E-state index in [4.69, 9.17) is 24.7 Å². The summed E-state index contributed by atoms with van der Waals surface area (Å²) >= 11 is 0. The topological polar surface area (TPSA) is 62.9 Å². The second-order valence-corrected chi connectivity index (χ2v) is 4.78. The Labute approximate surface area is 123 Å². The SMILES string of the molecule is COc1cccc(Oc2ccc3c(c2)OCO3)c1C(C)N. The molecule has 0 amide bonds. The predicted molar refractivity (Wildman–Crippen MR) is 78.2 cm³/mol. The maximum atomic E-state index is 6.03. The van der Waals surface area contributed by atoms with Gasteiger partial charge in [-0.05, 0) is 31.2 Å². The van der Waals surface area contributed by atoms with Crippen LogP contribution in [0.4, 0.5) is 0 Å². The lowest BCUT2D eigenvalue weighted by molar-refractivity contribution is 0.174. The summed E-state index contributed by atoms with van der Waals surface area (Å²) in [5.74, 6) is 3.44. The molecule has 2 aromatic rings. The van der Waals surface area contributed by atoms with Crippen molar-refractivity contribution >= 4 is 0 Å². The molecule has 1 aliphatic heterocycles. The first-order valence-electron chi connectivity index (χ1n) is 6.69. The van der Waals surface area contributed by atoms with Crippen molar-refractivity contribution in [1.29, 1.82) is 0 Å². The van der Waals surface area contributed by atoms with Gasteiger partial charge in [-0.25, -0.2) is 0 Å². The minimum Gasteiger partial charge on any atom is -0.496 e. The van der Waals surface area contributed by atoms with Gasteiger partial charge >= 0.3 is 0 Å². The Morgan fingerprint density at radius 2 is 1.86 bits per heavy atom. The molecule has 2 N–H and O–H groups in total. The Hall–Kier alpha value is -2.40. The highest BCUT2D eigenvalue weighted by molar-refractivity contribution is 5.51. The van der Waals surface area contributed by atoms with Crippen LogP contribution in [0, 0.1) is 0 Å². The smallest absolute Gasteiger partial charge is 0.231 e. The van der Waals surface area contributed by atoms with Crippen LogP contribution in [0.2, 0.25) is 0 Å². The fraction of sp³-hybridized carbons (Fsp3) is 0.250. The molecule has 1 unspecified atom stereocenters. The van der Waals surface area contributed by atoms with E-state index in [0.717, 1.165) is 11.3 Å². The summed E-state index contributed by atoms with van der Waals surface area (Å²) in [7, 11) is 1.62. The quantitative estimate of drug-likeness (QED) is 0.935. The molecule has 0 saturated carbocycles. The Kier molecular flexibility index (Phi) is 3.58. The van der Waals surface area contributed by atoms with Crippen LogP contribution in [0.5, 0.6) is 28.7 Å². The van der Waals surface area contributed by atoms with E-state index >= 15 is 0 Å². The van der Waals surface area contributed by atoms with Crippen LogP contribution in [-0.2, 0) is 0 Å². The first kappa shape index (κ1) is 13.6. The van der Waals surface area contributed by atoms with Gasteiger partial charge in [-0.3, -0.25) is 0 Å². The van der Waals surface area contributed by atoms with Crippen LogP contribution in [0.3, 0.4) is 0 Å². The minimum absolute atomic E-state index is 0.204. The van der Waals surface area contributed by atoms with E-state index < -0.39 is 0 Å². The van der Waals surface area contributed by atoms with Crippen LogP contribution in [0.15, 0.2) is 36.4 Å². The minimum atomic E-state index is -0.204. The van der Waals surface area contributed by atoms with Gasteiger partial charge in [-0.1, -0.05) is 6.07 Å². The zero-order chi connectivity index (χ0) is 14.8. The van der Waals surface area contributed by atoms with Crippen LogP contribution < -0.4 is 24.7 Å². The van der Waals surface area contributed by atoms with E-state index in [-0.39, 0.29) is 12.8 Å². The van der Waals surface area contributed by atoms with E-state index in [9.17, 15) is 0 Å². The molecule has 0 aromatic heterocycles. The number of hydrogen-bond donors (Lipinski definition) is 1. The molecule has 0 bridgehead atoms. The molecule has 0 spiro atoms. The third-order valence-electron chi connectivity index (χ3n) is 3.27. The van der Waals surface area contributed by atoms with E-state index in [0.29, 0.717) is 23.0 Å². The van der Waals surface area contributed by atoms with Gasteiger partial charge in [0.25, 0.3) is 0 Å². The fourth-order valence-corrected chi connectivity index (χ4v) is 2.31. The summed E-state index contributed by atoms with van der Waals surface area (Å²) in [5.41, 5.74) is 6.86. The van der Waals surface area contributed by atoms with E-state index in [1.807, 2.05) is 37.3 Å². The van der Waals surface area contributed by atoms with Gasteiger partial charge in [0.2, 0.25) is 6.79 Å². The lowest BCUT2D eigenvalue weighted by atomic mass is 10.1. The van der Waals surface area contributed by atoms with Gasteiger partial charge in [0.1, 0.15) is 17.2 Å². The number of methoxy groups -OCH3 is 1. The second-order valence-electron chi connectivity index (χ2n) is 4.78. The maximum absolute atomic E-state index is 6.03. The van der Waals surface area contributed by atoms with Crippen molar-refractivity contribution in [3.05, 3.63) is 42.0 Å². The number of nitrogens with two attached hydrogens (primary N) is 1. The van der Waals surface area contributed by atoms with Crippen molar-refractivity contribution in [1.82, 2.24) is 0 Å². The first-order chi connectivity index (χ1) is 10.2. The zero-order valence-electron chi connectivity index (χ0n) is 12.0. The van der Waals surface area contributed by atoms with Gasteiger partial charge in [0, 0.05) is 12.1 Å². The normalized spacial score (nSPS) is 13.9. The summed E-state index contributed by atoms with van der Waals surface area (Å²) in [6, 6.07) is 10.9. The monoisotopic (exact) mass is 287 g/mol. The lowest BCUT2D eigenvalue weighted by Crippen LogP contribution is -2.08. The van der Waals surface area contributed by atoms with Crippen molar-refractivity contribution in [2.75, 3.05) is 13.9 Å². The lowest BCUT2D eigenvalue weighted by Gasteiger charge is -2.17. The third kappa shape index (κ3) is 2.60. The van der Waals surface area contributed by atoms with Gasteiger partial charge in [0.15, 0.2) is 11.5 Å². The predicted octanol–water partition coefficient (Wildman–Crippen LogP) is 3.24. The number of rotatable bonds is 4. The molecule has 2 aromatic carbocycles. The molecular weight excluding hydrogens is 270 g/mol. The number of hydrogen-bond acceptors (Lipinski definition) is 5. The molecule has 21 heavy (non-hydrogen) atoms.